The monoisotopic (exact) mass is 266 g/mol. The molecule has 0 radical (unpaired) electrons. The van der Waals surface area contributed by atoms with Crippen LogP contribution in [-0.4, -0.2) is 19.0 Å². The fourth-order valence-electron chi connectivity index (χ4n) is 2.70. The molecule has 0 spiro atoms. The smallest absolute Gasteiger partial charge is 0.228 e. The van der Waals surface area contributed by atoms with Crippen LogP contribution in [0.1, 0.15) is 44.0 Å². The molecule has 2 heterocycles. The maximum atomic E-state index is 12.5. The van der Waals surface area contributed by atoms with E-state index in [1.807, 2.05) is 6.07 Å². The Kier molecular flexibility index (Phi) is 4.40. The average Bonchev–Trinajstić information content (AvgIpc) is 3.00. The molecule has 2 rings (SSSR count). The number of hydrogen-bond acceptors (Lipinski definition) is 3. The summed E-state index contributed by atoms with van der Waals surface area (Å²) < 4.78 is 0. The van der Waals surface area contributed by atoms with Gasteiger partial charge in [0, 0.05) is 11.4 Å². The van der Waals surface area contributed by atoms with E-state index in [1.54, 1.807) is 11.3 Å². The maximum Gasteiger partial charge on any atom is 0.228 e. The van der Waals surface area contributed by atoms with Crippen LogP contribution in [0.2, 0.25) is 0 Å². The van der Waals surface area contributed by atoms with Crippen molar-refractivity contribution in [2.45, 2.75) is 39.2 Å². The van der Waals surface area contributed by atoms with Crippen molar-refractivity contribution in [1.82, 2.24) is 10.6 Å². The van der Waals surface area contributed by atoms with Crippen LogP contribution in [0, 0.1) is 5.41 Å². The van der Waals surface area contributed by atoms with Crippen LogP contribution < -0.4 is 10.6 Å². The average molecular weight is 266 g/mol. The quantitative estimate of drug-likeness (QED) is 0.860. The van der Waals surface area contributed by atoms with Crippen LogP contribution in [-0.2, 0) is 4.79 Å². The molecule has 4 heteroatoms. The molecule has 1 aliphatic heterocycles. The van der Waals surface area contributed by atoms with Crippen LogP contribution >= 0.6 is 11.3 Å². The summed E-state index contributed by atoms with van der Waals surface area (Å²) in [5.41, 5.74) is -0.180. The first-order valence-corrected chi connectivity index (χ1v) is 7.61. The van der Waals surface area contributed by atoms with E-state index in [-0.39, 0.29) is 17.4 Å². The minimum absolute atomic E-state index is 0.117. The van der Waals surface area contributed by atoms with E-state index >= 15 is 0 Å². The number of thiophene rings is 1. The number of amides is 1. The van der Waals surface area contributed by atoms with Gasteiger partial charge in [-0.05, 0) is 37.8 Å². The van der Waals surface area contributed by atoms with E-state index in [9.17, 15) is 4.79 Å². The Hall–Kier alpha value is -0.870. The lowest BCUT2D eigenvalue weighted by Crippen LogP contribution is -2.43. The van der Waals surface area contributed by atoms with E-state index in [4.69, 9.17) is 0 Å². The van der Waals surface area contributed by atoms with Gasteiger partial charge in [-0.15, -0.1) is 11.3 Å². The van der Waals surface area contributed by atoms with E-state index in [0.717, 1.165) is 32.4 Å². The molecule has 0 aliphatic carbocycles. The lowest BCUT2D eigenvalue weighted by atomic mass is 9.81. The second kappa shape index (κ2) is 5.85. The molecule has 1 fully saturated rings. The third-order valence-corrected chi connectivity index (χ3v) is 4.83. The van der Waals surface area contributed by atoms with Crippen molar-refractivity contribution in [3.05, 3.63) is 22.4 Å². The molecule has 3 nitrogen and oxygen atoms in total. The Labute approximate surface area is 113 Å². The van der Waals surface area contributed by atoms with Crippen molar-refractivity contribution in [3.63, 3.8) is 0 Å². The highest BCUT2D eigenvalue weighted by Crippen LogP contribution is 2.32. The predicted molar refractivity (Wildman–Crippen MR) is 75.7 cm³/mol. The lowest BCUT2D eigenvalue weighted by Gasteiger charge is -2.28. The molecule has 0 saturated carbocycles. The molecular weight excluding hydrogens is 244 g/mol. The van der Waals surface area contributed by atoms with Gasteiger partial charge in [0.25, 0.3) is 0 Å². The van der Waals surface area contributed by atoms with Gasteiger partial charge < -0.3 is 10.6 Å². The molecule has 1 aliphatic rings. The highest BCUT2D eigenvalue weighted by molar-refractivity contribution is 7.10. The second-order valence-corrected chi connectivity index (χ2v) is 6.15. The molecule has 2 N–H and O–H groups in total. The topological polar surface area (TPSA) is 41.1 Å². The number of carbonyl (C=O) groups excluding carboxylic acids is 1. The van der Waals surface area contributed by atoms with Gasteiger partial charge in [0.15, 0.2) is 0 Å². The molecule has 1 saturated heterocycles. The fourth-order valence-corrected chi connectivity index (χ4v) is 3.44. The van der Waals surface area contributed by atoms with Crippen molar-refractivity contribution >= 4 is 17.2 Å². The van der Waals surface area contributed by atoms with Crippen LogP contribution in [0.5, 0.6) is 0 Å². The SMILES string of the molecule is CCCC1(C(=O)NC(C)c2cccs2)CCNC1. The molecule has 2 unspecified atom stereocenters. The summed E-state index contributed by atoms with van der Waals surface area (Å²) in [4.78, 5) is 13.7. The zero-order valence-electron chi connectivity index (χ0n) is 11.2. The summed E-state index contributed by atoms with van der Waals surface area (Å²) in [6.45, 7) is 5.99. The van der Waals surface area contributed by atoms with Crippen molar-refractivity contribution in [2.24, 2.45) is 5.41 Å². The predicted octanol–water partition coefficient (Wildman–Crippen LogP) is 2.71. The molecule has 1 amide bonds. The van der Waals surface area contributed by atoms with Crippen LogP contribution in [0.4, 0.5) is 0 Å². The Morgan fingerprint density at radius 3 is 3.06 bits per heavy atom. The minimum atomic E-state index is -0.180. The lowest BCUT2D eigenvalue weighted by molar-refractivity contribution is -0.131. The first-order chi connectivity index (χ1) is 8.68. The summed E-state index contributed by atoms with van der Waals surface area (Å²) in [5, 5.41) is 8.56. The van der Waals surface area contributed by atoms with Gasteiger partial charge in [0.2, 0.25) is 5.91 Å². The third kappa shape index (κ3) is 2.75. The molecule has 100 valence electrons. The number of hydrogen-bond donors (Lipinski definition) is 2. The van der Waals surface area contributed by atoms with Crippen LogP contribution in [0.15, 0.2) is 17.5 Å². The first kappa shape index (κ1) is 13.6. The van der Waals surface area contributed by atoms with Crippen LogP contribution in [0.25, 0.3) is 0 Å². The van der Waals surface area contributed by atoms with Crippen molar-refractivity contribution in [2.75, 3.05) is 13.1 Å². The summed E-state index contributed by atoms with van der Waals surface area (Å²) in [6.07, 6.45) is 3.00. The fraction of sp³-hybridized carbons (Fsp3) is 0.643. The van der Waals surface area contributed by atoms with Gasteiger partial charge >= 0.3 is 0 Å². The molecule has 0 aromatic carbocycles. The Morgan fingerprint density at radius 2 is 2.50 bits per heavy atom. The Bertz CT molecular complexity index is 383. The molecule has 2 atom stereocenters. The molecule has 1 aromatic rings. The zero-order chi connectivity index (χ0) is 13.0. The van der Waals surface area contributed by atoms with Crippen molar-refractivity contribution < 1.29 is 4.79 Å². The van der Waals surface area contributed by atoms with Gasteiger partial charge in [-0.1, -0.05) is 19.4 Å². The molecule has 1 aromatic heterocycles. The van der Waals surface area contributed by atoms with E-state index in [0.29, 0.717) is 0 Å². The number of rotatable bonds is 5. The summed E-state index contributed by atoms with van der Waals surface area (Å²) in [5.74, 6) is 0.218. The Morgan fingerprint density at radius 1 is 1.67 bits per heavy atom. The zero-order valence-corrected chi connectivity index (χ0v) is 12.0. The summed E-state index contributed by atoms with van der Waals surface area (Å²) in [6, 6.07) is 4.23. The Balaban J connectivity index is 2.01. The number of nitrogens with one attached hydrogen (secondary N) is 2. The van der Waals surface area contributed by atoms with Gasteiger partial charge in [-0.2, -0.15) is 0 Å². The van der Waals surface area contributed by atoms with Gasteiger partial charge in [-0.3, -0.25) is 4.79 Å². The van der Waals surface area contributed by atoms with Crippen molar-refractivity contribution in [1.29, 1.82) is 0 Å². The van der Waals surface area contributed by atoms with Crippen molar-refractivity contribution in [3.8, 4) is 0 Å². The highest BCUT2D eigenvalue weighted by atomic mass is 32.1. The second-order valence-electron chi connectivity index (χ2n) is 5.17. The molecule has 18 heavy (non-hydrogen) atoms. The van der Waals surface area contributed by atoms with Gasteiger partial charge in [0.1, 0.15) is 0 Å². The van der Waals surface area contributed by atoms with Crippen LogP contribution in [0.3, 0.4) is 0 Å². The summed E-state index contributed by atoms with van der Waals surface area (Å²) in [7, 11) is 0. The highest BCUT2D eigenvalue weighted by Gasteiger charge is 2.40. The van der Waals surface area contributed by atoms with Gasteiger partial charge in [0.05, 0.1) is 11.5 Å². The van der Waals surface area contributed by atoms with E-state index < -0.39 is 0 Å². The summed E-state index contributed by atoms with van der Waals surface area (Å²) >= 11 is 1.70. The normalized spacial score (nSPS) is 25.0. The van der Waals surface area contributed by atoms with E-state index in [1.165, 1.54) is 4.88 Å². The molecular formula is C14H22N2OS. The number of carbonyl (C=O) groups is 1. The van der Waals surface area contributed by atoms with Gasteiger partial charge in [-0.25, -0.2) is 0 Å². The first-order valence-electron chi connectivity index (χ1n) is 6.73. The molecule has 0 bridgehead atoms. The standard InChI is InChI=1S/C14H22N2OS/c1-3-6-14(7-8-15-10-14)13(17)16-11(2)12-5-4-9-18-12/h4-5,9,11,15H,3,6-8,10H2,1-2H3,(H,16,17). The van der Waals surface area contributed by atoms with E-state index in [2.05, 4.69) is 35.9 Å². The minimum Gasteiger partial charge on any atom is -0.348 e. The maximum absolute atomic E-state index is 12.5. The third-order valence-electron chi connectivity index (χ3n) is 3.77. The largest absolute Gasteiger partial charge is 0.348 e.